The fourth-order valence-electron chi connectivity index (χ4n) is 1.96. The maximum atomic E-state index is 13.6. The van der Waals surface area contributed by atoms with Crippen molar-refractivity contribution in [3.05, 3.63) is 63.9 Å². The van der Waals surface area contributed by atoms with Crippen LogP contribution in [0.25, 0.3) is 0 Å². The largest absolute Gasteiger partial charge is 0.398 e. The monoisotopic (exact) mass is 279 g/mol. The van der Waals surface area contributed by atoms with Gasteiger partial charge in [0, 0.05) is 10.7 Å². The summed E-state index contributed by atoms with van der Waals surface area (Å²) in [4.78, 5) is 0. The topological polar surface area (TPSA) is 64.1 Å². The number of hydrogen-bond donors (Lipinski definition) is 3. The van der Waals surface area contributed by atoms with E-state index >= 15 is 0 Å². The van der Waals surface area contributed by atoms with Gasteiger partial charge in [-0.1, -0.05) is 29.8 Å². The molecule has 5 heteroatoms. The first-order valence-corrected chi connectivity index (χ1v) is 6.18. The number of nitrogens with two attached hydrogens (primary N) is 2. The molecular formula is C14H15ClFN3. The normalized spacial score (nSPS) is 12.4. The summed E-state index contributed by atoms with van der Waals surface area (Å²) in [5.41, 5.74) is 11.1. The number of rotatable bonds is 3. The molecule has 0 spiro atoms. The Kier molecular flexibility index (Phi) is 4.04. The molecule has 0 radical (unpaired) electrons. The Balaban J connectivity index is 2.46. The zero-order valence-corrected chi connectivity index (χ0v) is 11.2. The van der Waals surface area contributed by atoms with E-state index in [1.165, 1.54) is 6.07 Å². The molecule has 19 heavy (non-hydrogen) atoms. The molecule has 1 unspecified atom stereocenters. The number of anilines is 1. The van der Waals surface area contributed by atoms with Gasteiger partial charge in [-0.25, -0.2) is 9.82 Å². The van der Waals surface area contributed by atoms with Crippen LogP contribution in [0.2, 0.25) is 5.02 Å². The fraction of sp³-hybridized carbons (Fsp3) is 0.143. The maximum Gasteiger partial charge on any atom is 0.126 e. The quantitative estimate of drug-likeness (QED) is 0.460. The summed E-state index contributed by atoms with van der Waals surface area (Å²) in [6.45, 7) is 1.71. The first-order valence-electron chi connectivity index (χ1n) is 5.80. The van der Waals surface area contributed by atoms with Gasteiger partial charge in [-0.2, -0.15) is 0 Å². The Morgan fingerprint density at radius 2 is 1.95 bits per heavy atom. The molecule has 2 aromatic carbocycles. The van der Waals surface area contributed by atoms with Crippen molar-refractivity contribution in [1.29, 1.82) is 0 Å². The van der Waals surface area contributed by atoms with Crippen LogP contribution in [0.4, 0.5) is 10.1 Å². The number of benzene rings is 2. The van der Waals surface area contributed by atoms with Crippen molar-refractivity contribution < 1.29 is 4.39 Å². The van der Waals surface area contributed by atoms with Crippen LogP contribution in [0.5, 0.6) is 0 Å². The smallest absolute Gasteiger partial charge is 0.126 e. The predicted molar refractivity (Wildman–Crippen MR) is 76.2 cm³/mol. The van der Waals surface area contributed by atoms with E-state index < -0.39 is 0 Å². The summed E-state index contributed by atoms with van der Waals surface area (Å²) in [7, 11) is 0. The highest BCUT2D eigenvalue weighted by Crippen LogP contribution is 2.29. The molecule has 0 aliphatic heterocycles. The third kappa shape index (κ3) is 2.87. The lowest BCUT2D eigenvalue weighted by molar-refractivity contribution is 0.599. The van der Waals surface area contributed by atoms with Crippen LogP contribution in [0, 0.1) is 12.7 Å². The van der Waals surface area contributed by atoms with Crippen LogP contribution in [0.3, 0.4) is 0 Å². The molecule has 100 valence electrons. The van der Waals surface area contributed by atoms with Crippen molar-refractivity contribution in [3.8, 4) is 0 Å². The lowest BCUT2D eigenvalue weighted by Crippen LogP contribution is -2.29. The van der Waals surface area contributed by atoms with Gasteiger partial charge in [0.15, 0.2) is 0 Å². The molecule has 0 saturated heterocycles. The summed E-state index contributed by atoms with van der Waals surface area (Å²) in [5, 5.41) is 0.548. The molecule has 0 saturated carbocycles. The minimum absolute atomic E-state index is 0.273. The van der Waals surface area contributed by atoms with E-state index in [2.05, 4.69) is 5.43 Å². The standard InChI is InChI=1S/C14H15ClFN3/c1-8-2-3-9(6-12(8)16)14(19-18)11-5-4-10(15)7-13(11)17/h2-7,14,19H,17-18H2,1H3. The van der Waals surface area contributed by atoms with Crippen LogP contribution in [-0.4, -0.2) is 0 Å². The summed E-state index contributed by atoms with van der Waals surface area (Å²) in [5.74, 6) is 5.30. The second-order valence-corrected chi connectivity index (χ2v) is 4.82. The Morgan fingerprint density at radius 3 is 2.53 bits per heavy atom. The number of aryl methyl sites for hydroxylation is 1. The van der Waals surface area contributed by atoms with E-state index in [1.807, 2.05) is 6.07 Å². The van der Waals surface area contributed by atoms with Crippen molar-refractivity contribution >= 4 is 17.3 Å². The van der Waals surface area contributed by atoms with Crippen molar-refractivity contribution in [2.75, 3.05) is 5.73 Å². The molecule has 5 N–H and O–H groups in total. The van der Waals surface area contributed by atoms with Crippen molar-refractivity contribution in [2.24, 2.45) is 5.84 Å². The Labute approximate surface area is 116 Å². The molecular weight excluding hydrogens is 265 g/mol. The molecule has 2 rings (SSSR count). The third-order valence-corrected chi connectivity index (χ3v) is 3.29. The second kappa shape index (κ2) is 5.57. The average molecular weight is 280 g/mol. The fourth-order valence-corrected chi connectivity index (χ4v) is 2.14. The van der Waals surface area contributed by atoms with E-state index in [4.69, 9.17) is 23.2 Å². The van der Waals surface area contributed by atoms with Gasteiger partial charge in [0.1, 0.15) is 5.82 Å². The highest BCUT2D eigenvalue weighted by Gasteiger charge is 2.16. The zero-order chi connectivity index (χ0) is 14.0. The molecule has 1 atom stereocenters. The predicted octanol–water partition coefficient (Wildman–Crippen LogP) is 2.92. The van der Waals surface area contributed by atoms with Gasteiger partial charge in [-0.15, -0.1) is 0 Å². The molecule has 0 aromatic heterocycles. The zero-order valence-electron chi connectivity index (χ0n) is 10.5. The lowest BCUT2D eigenvalue weighted by Gasteiger charge is -2.19. The van der Waals surface area contributed by atoms with Crippen molar-refractivity contribution in [2.45, 2.75) is 13.0 Å². The number of halogens is 2. The number of nitrogen functional groups attached to an aromatic ring is 1. The van der Waals surface area contributed by atoms with E-state index in [9.17, 15) is 4.39 Å². The van der Waals surface area contributed by atoms with Gasteiger partial charge in [-0.05, 0) is 41.8 Å². The highest BCUT2D eigenvalue weighted by atomic mass is 35.5. The third-order valence-electron chi connectivity index (χ3n) is 3.06. The number of nitrogens with one attached hydrogen (secondary N) is 1. The molecule has 0 aliphatic carbocycles. The molecule has 0 heterocycles. The van der Waals surface area contributed by atoms with Gasteiger partial charge in [0.25, 0.3) is 0 Å². The molecule has 0 aliphatic rings. The highest BCUT2D eigenvalue weighted by molar-refractivity contribution is 6.30. The van der Waals surface area contributed by atoms with Crippen LogP contribution in [0.1, 0.15) is 22.7 Å². The summed E-state index contributed by atoms with van der Waals surface area (Å²) in [6, 6.07) is 9.74. The van der Waals surface area contributed by atoms with Gasteiger partial charge in [0.05, 0.1) is 6.04 Å². The van der Waals surface area contributed by atoms with Crippen molar-refractivity contribution in [3.63, 3.8) is 0 Å². The van der Waals surface area contributed by atoms with E-state index in [0.29, 0.717) is 21.8 Å². The van der Waals surface area contributed by atoms with Crippen molar-refractivity contribution in [1.82, 2.24) is 5.43 Å². The van der Waals surface area contributed by atoms with E-state index in [-0.39, 0.29) is 11.9 Å². The van der Waals surface area contributed by atoms with Crippen LogP contribution in [-0.2, 0) is 0 Å². The number of hydrazine groups is 1. The Bertz CT molecular complexity index is 601. The Morgan fingerprint density at radius 1 is 1.21 bits per heavy atom. The maximum absolute atomic E-state index is 13.6. The van der Waals surface area contributed by atoms with Crippen LogP contribution in [0.15, 0.2) is 36.4 Å². The first kappa shape index (κ1) is 13.8. The van der Waals surface area contributed by atoms with E-state index in [0.717, 1.165) is 5.56 Å². The number of hydrogen-bond acceptors (Lipinski definition) is 3. The molecule has 0 fully saturated rings. The SMILES string of the molecule is Cc1ccc(C(NN)c2ccc(Cl)cc2N)cc1F. The van der Waals surface area contributed by atoms with Crippen LogP contribution < -0.4 is 17.0 Å². The van der Waals surface area contributed by atoms with Crippen LogP contribution >= 0.6 is 11.6 Å². The van der Waals surface area contributed by atoms with Gasteiger partial charge in [0.2, 0.25) is 0 Å². The average Bonchev–Trinajstić information content (AvgIpc) is 2.37. The minimum atomic E-state index is -0.382. The molecule has 3 nitrogen and oxygen atoms in total. The molecule has 2 aromatic rings. The molecule has 0 bridgehead atoms. The van der Waals surface area contributed by atoms with Gasteiger partial charge >= 0.3 is 0 Å². The summed E-state index contributed by atoms with van der Waals surface area (Å²) < 4.78 is 13.6. The minimum Gasteiger partial charge on any atom is -0.398 e. The summed E-state index contributed by atoms with van der Waals surface area (Å²) >= 11 is 5.87. The lowest BCUT2D eigenvalue weighted by atomic mass is 9.97. The van der Waals surface area contributed by atoms with Gasteiger partial charge in [-0.3, -0.25) is 5.84 Å². The van der Waals surface area contributed by atoms with Gasteiger partial charge < -0.3 is 5.73 Å². The Hall–Kier alpha value is -1.62. The summed E-state index contributed by atoms with van der Waals surface area (Å²) in [6.07, 6.45) is 0. The van der Waals surface area contributed by atoms with E-state index in [1.54, 1.807) is 31.2 Å². The first-order chi connectivity index (χ1) is 9.02. The second-order valence-electron chi connectivity index (χ2n) is 4.38. The molecule has 0 amide bonds.